The molecule has 7 nitrogen and oxygen atoms in total. The molecule has 152 valence electrons. The molecule has 1 unspecified atom stereocenters. The number of nitrogens with one attached hydrogen (secondary N) is 4. The van der Waals surface area contributed by atoms with E-state index in [1.54, 1.807) is 14.0 Å². The highest BCUT2D eigenvalue weighted by atomic mass is 16.2. The molecule has 2 atom stereocenters. The van der Waals surface area contributed by atoms with Gasteiger partial charge in [0, 0.05) is 12.1 Å². The lowest BCUT2D eigenvalue weighted by Gasteiger charge is -2.56. The van der Waals surface area contributed by atoms with Crippen LogP contribution in [-0.2, 0) is 9.59 Å². The van der Waals surface area contributed by atoms with Gasteiger partial charge >= 0.3 is 6.03 Å². The van der Waals surface area contributed by atoms with E-state index in [1.807, 2.05) is 6.92 Å². The van der Waals surface area contributed by atoms with Crippen molar-refractivity contribution >= 4 is 17.8 Å². The first-order valence-corrected chi connectivity index (χ1v) is 10.5. The summed E-state index contributed by atoms with van der Waals surface area (Å²) in [6, 6.07) is -0.850. The van der Waals surface area contributed by atoms with Gasteiger partial charge in [-0.2, -0.15) is 0 Å². The fourth-order valence-corrected chi connectivity index (χ4v) is 5.71. The summed E-state index contributed by atoms with van der Waals surface area (Å²) in [6.45, 7) is 4.59. The lowest BCUT2D eigenvalue weighted by Crippen LogP contribution is -3.15. The minimum atomic E-state index is -0.473. The fraction of sp³-hybridized carbons (Fsp3) is 0.850. The van der Waals surface area contributed by atoms with Crippen molar-refractivity contribution in [3.05, 3.63) is 0 Å². The normalized spacial score (nSPS) is 33.2. The molecular weight excluding hydrogens is 344 g/mol. The zero-order valence-corrected chi connectivity index (χ0v) is 16.9. The van der Waals surface area contributed by atoms with Crippen molar-refractivity contribution in [2.75, 3.05) is 20.1 Å². The molecule has 0 aromatic heterocycles. The van der Waals surface area contributed by atoms with Gasteiger partial charge in [0.1, 0.15) is 0 Å². The Morgan fingerprint density at radius 1 is 1.07 bits per heavy atom. The summed E-state index contributed by atoms with van der Waals surface area (Å²) in [5.41, 5.74) is -0.110. The number of imide groups is 1. The lowest BCUT2D eigenvalue weighted by atomic mass is 9.53. The second kappa shape index (κ2) is 8.17. The summed E-state index contributed by atoms with van der Waals surface area (Å²) in [4.78, 5) is 37.6. The first kappa shape index (κ1) is 20.1. The summed E-state index contributed by atoms with van der Waals surface area (Å²) in [5, 5.41) is 8.48. The molecule has 4 aliphatic carbocycles. The van der Waals surface area contributed by atoms with Gasteiger partial charge in [0.2, 0.25) is 0 Å². The lowest BCUT2D eigenvalue weighted by molar-refractivity contribution is -0.886. The predicted molar refractivity (Wildman–Crippen MR) is 102 cm³/mol. The maximum absolute atomic E-state index is 12.5. The molecule has 4 rings (SSSR count). The Morgan fingerprint density at radius 3 is 2.15 bits per heavy atom. The van der Waals surface area contributed by atoms with Crippen LogP contribution in [0.1, 0.15) is 58.8 Å². The van der Waals surface area contributed by atoms with E-state index in [1.165, 1.54) is 19.3 Å². The molecule has 0 spiro atoms. The van der Waals surface area contributed by atoms with Gasteiger partial charge in [-0.25, -0.2) is 4.79 Å². The average Bonchev–Trinajstić information content (AvgIpc) is 2.57. The Bertz CT molecular complexity index is 556. The van der Waals surface area contributed by atoms with Crippen molar-refractivity contribution < 1.29 is 19.3 Å². The third-order valence-electron chi connectivity index (χ3n) is 6.80. The molecule has 0 radical (unpaired) electrons. The third-order valence-corrected chi connectivity index (χ3v) is 6.80. The highest BCUT2D eigenvalue weighted by Gasteiger charge is 2.51. The monoisotopic (exact) mass is 379 g/mol. The zero-order chi connectivity index (χ0) is 19.6. The van der Waals surface area contributed by atoms with E-state index < -0.39 is 6.04 Å². The zero-order valence-electron chi connectivity index (χ0n) is 16.9. The van der Waals surface area contributed by atoms with Crippen LogP contribution in [0.15, 0.2) is 0 Å². The quantitative estimate of drug-likeness (QED) is 0.510. The Balaban J connectivity index is 1.47. The molecular formula is C20H35N4O3+. The third kappa shape index (κ3) is 4.81. The van der Waals surface area contributed by atoms with Gasteiger partial charge in [0.15, 0.2) is 12.6 Å². The first-order chi connectivity index (χ1) is 12.8. The van der Waals surface area contributed by atoms with Crippen molar-refractivity contribution in [1.29, 1.82) is 0 Å². The molecule has 4 bridgehead atoms. The Kier molecular flexibility index (Phi) is 6.08. The van der Waals surface area contributed by atoms with Crippen molar-refractivity contribution in [1.82, 2.24) is 16.0 Å². The highest BCUT2D eigenvalue weighted by Crippen LogP contribution is 2.55. The number of quaternary nitrogens is 1. The molecule has 4 amide bonds. The number of rotatable bonds is 7. The van der Waals surface area contributed by atoms with Crippen LogP contribution in [0.5, 0.6) is 0 Å². The van der Waals surface area contributed by atoms with Crippen LogP contribution in [0.25, 0.3) is 0 Å². The van der Waals surface area contributed by atoms with Crippen LogP contribution in [0.4, 0.5) is 4.79 Å². The van der Waals surface area contributed by atoms with Crippen molar-refractivity contribution in [2.24, 2.45) is 17.8 Å². The van der Waals surface area contributed by atoms with E-state index in [2.05, 4.69) is 16.0 Å². The van der Waals surface area contributed by atoms with Crippen LogP contribution in [0.2, 0.25) is 0 Å². The minimum Gasteiger partial charge on any atom is -0.351 e. The summed E-state index contributed by atoms with van der Waals surface area (Å²) >= 11 is 0. The summed E-state index contributed by atoms with van der Waals surface area (Å²) in [6.07, 6.45) is 7.98. The number of carbonyl (C=O) groups excluding carboxylic acids is 3. The Labute approximate surface area is 162 Å². The summed E-state index contributed by atoms with van der Waals surface area (Å²) < 4.78 is 0. The number of urea groups is 1. The molecule has 7 heteroatoms. The van der Waals surface area contributed by atoms with Gasteiger partial charge in [-0.1, -0.05) is 6.92 Å². The number of carbonyl (C=O) groups is 3. The van der Waals surface area contributed by atoms with E-state index in [0.717, 1.165) is 48.3 Å². The van der Waals surface area contributed by atoms with Gasteiger partial charge in [0.05, 0.1) is 7.05 Å². The number of amides is 4. The molecule has 0 aromatic carbocycles. The summed E-state index contributed by atoms with van der Waals surface area (Å²) in [5.74, 6) is 1.81. The Hall–Kier alpha value is -1.63. The molecule has 0 heterocycles. The summed E-state index contributed by atoms with van der Waals surface area (Å²) in [7, 11) is 1.80. The second-order valence-electron chi connectivity index (χ2n) is 9.24. The van der Waals surface area contributed by atoms with Gasteiger partial charge in [0.25, 0.3) is 11.8 Å². The predicted octanol–water partition coefficient (Wildman–Crippen LogP) is 0.210. The fourth-order valence-electron chi connectivity index (χ4n) is 5.71. The van der Waals surface area contributed by atoms with Crippen LogP contribution in [0.3, 0.4) is 0 Å². The van der Waals surface area contributed by atoms with E-state index in [-0.39, 0.29) is 29.9 Å². The molecule has 4 aliphatic rings. The second-order valence-corrected chi connectivity index (χ2v) is 9.24. The van der Waals surface area contributed by atoms with Gasteiger partial charge in [-0.05, 0) is 69.6 Å². The smallest absolute Gasteiger partial charge is 0.322 e. The van der Waals surface area contributed by atoms with Crippen LogP contribution >= 0.6 is 0 Å². The maximum Gasteiger partial charge on any atom is 0.322 e. The molecule has 4 fully saturated rings. The highest BCUT2D eigenvalue weighted by molar-refractivity contribution is 5.96. The number of hydrogen-bond acceptors (Lipinski definition) is 3. The molecule has 0 aliphatic heterocycles. The van der Waals surface area contributed by atoms with Gasteiger partial charge in [-0.3, -0.25) is 14.9 Å². The largest absolute Gasteiger partial charge is 0.351 e. The van der Waals surface area contributed by atoms with E-state index in [4.69, 9.17) is 0 Å². The van der Waals surface area contributed by atoms with Gasteiger partial charge < -0.3 is 15.5 Å². The van der Waals surface area contributed by atoms with Crippen molar-refractivity contribution in [3.8, 4) is 0 Å². The molecule has 0 aromatic rings. The van der Waals surface area contributed by atoms with E-state index in [9.17, 15) is 14.4 Å². The molecule has 4 N–H and O–H groups in total. The van der Waals surface area contributed by atoms with Crippen LogP contribution < -0.4 is 20.9 Å². The topological polar surface area (TPSA) is 91.7 Å². The number of likely N-dealkylation sites (N-methyl/N-ethyl adjacent to an activating group) is 1. The standard InChI is InChI=1S/C20H34N4O3/c1-4-5-21-17(25)12-24(3)13(2)18(26)22-19(27)23-20-9-14-6-15(10-20)8-16(7-14)11-20/h13-16H,4-12H2,1-3H3,(H,21,25)(H2,22,23,26,27)/p+1/t13-,14?,15?,16?,20?/m0/s1. The van der Waals surface area contributed by atoms with Crippen molar-refractivity contribution in [2.45, 2.75) is 70.4 Å². The SMILES string of the molecule is CCCNC(=O)C[NH+](C)[C@@H](C)C(=O)NC(=O)NC12CC3CC(CC(C3)C1)C2. The molecule has 0 saturated heterocycles. The minimum absolute atomic E-state index is 0.0768. The molecule has 4 saturated carbocycles. The van der Waals surface area contributed by atoms with Crippen molar-refractivity contribution in [3.63, 3.8) is 0 Å². The van der Waals surface area contributed by atoms with Crippen LogP contribution in [0, 0.1) is 17.8 Å². The van der Waals surface area contributed by atoms with E-state index >= 15 is 0 Å². The molecule has 27 heavy (non-hydrogen) atoms. The Morgan fingerprint density at radius 2 is 1.63 bits per heavy atom. The first-order valence-electron chi connectivity index (χ1n) is 10.5. The number of hydrogen-bond donors (Lipinski definition) is 4. The van der Waals surface area contributed by atoms with Gasteiger partial charge in [-0.15, -0.1) is 0 Å². The maximum atomic E-state index is 12.5. The average molecular weight is 380 g/mol. The van der Waals surface area contributed by atoms with E-state index in [0.29, 0.717) is 6.54 Å². The van der Waals surface area contributed by atoms with Crippen LogP contribution in [-0.4, -0.2) is 49.6 Å².